The Morgan fingerprint density at radius 2 is 2.00 bits per heavy atom. The number of amides is 1. The van der Waals surface area contributed by atoms with E-state index in [4.69, 9.17) is 4.74 Å². The fourth-order valence-corrected chi connectivity index (χ4v) is 3.72. The quantitative estimate of drug-likeness (QED) is 0.851. The van der Waals surface area contributed by atoms with Crippen LogP contribution in [0, 0.1) is 0 Å². The van der Waals surface area contributed by atoms with Gasteiger partial charge in [0.1, 0.15) is 11.3 Å². The molecule has 1 unspecified atom stereocenters. The van der Waals surface area contributed by atoms with Crippen molar-refractivity contribution in [2.24, 2.45) is 0 Å². The van der Waals surface area contributed by atoms with Gasteiger partial charge in [0.05, 0.1) is 7.11 Å². The number of methoxy groups -OCH3 is 1. The van der Waals surface area contributed by atoms with Gasteiger partial charge in [0, 0.05) is 24.3 Å². The highest BCUT2D eigenvalue weighted by Gasteiger charge is 2.24. The zero-order valence-corrected chi connectivity index (χ0v) is 16.2. The van der Waals surface area contributed by atoms with Crippen molar-refractivity contribution in [3.05, 3.63) is 63.6 Å². The van der Waals surface area contributed by atoms with Gasteiger partial charge in [-0.15, -0.1) is 0 Å². The first kappa shape index (κ1) is 19.2. The first-order valence-corrected chi connectivity index (χ1v) is 9.75. The third-order valence-corrected chi connectivity index (χ3v) is 5.21. The summed E-state index contributed by atoms with van der Waals surface area (Å²) in [4.78, 5) is 25.4. The molecular weight excluding hydrogens is 340 g/mol. The summed E-state index contributed by atoms with van der Waals surface area (Å²) < 4.78 is 7.14. The Labute approximate surface area is 160 Å². The van der Waals surface area contributed by atoms with Gasteiger partial charge in [-0.2, -0.15) is 0 Å². The van der Waals surface area contributed by atoms with Crippen molar-refractivity contribution < 1.29 is 9.53 Å². The fourth-order valence-electron chi connectivity index (χ4n) is 3.72. The van der Waals surface area contributed by atoms with E-state index in [-0.39, 0.29) is 17.5 Å². The SMILES string of the molecule is COc1cc(=O)n2c(c1C(=O)NC(C)CCc1ccccc1)CCCCC2. The van der Waals surface area contributed by atoms with Crippen LogP contribution in [-0.2, 0) is 19.4 Å². The number of fused-ring (bicyclic) bond motifs is 1. The number of hydrogen-bond donors (Lipinski definition) is 1. The number of pyridine rings is 1. The van der Waals surface area contributed by atoms with E-state index in [0.717, 1.165) is 44.2 Å². The van der Waals surface area contributed by atoms with E-state index in [9.17, 15) is 9.59 Å². The molecule has 5 heteroatoms. The topological polar surface area (TPSA) is 60.3 Å². The molecule has 1 amide bonds. The Balaban J connectivity index is 1.78. The number of carbonyl (C=O) groups is 1. The highest BCUT2D eigenvalue weighted by Crippen LogP contribution is 2.24. The number of aromatic nitrogens is 1. The molecule has 0 aliphatic carbocycles. The number of aryl methyl sites for hydroxylation is 1. The van der Waals surface area contributed by atoms with Crippen LogP contribution in [0.3, 0.4) is 0 Å². The normalized spacial score (nSPS) is 14.7. The molecule has 1 aliphatic heterocycles. The molecule has 0 saturated carbocycles. The second-order valence-corrected chi connectivity index (χ2v) is 7.23. The van der Waals surface area contributed by atoms with Gasteiger partial charge in [-0.1, -0.05) is 36.8 Å². The lowest BCUT2D eigenvalue weighted by Gasteiger charge is -2.20. The molecule has 1 aromatic heterocycles. The summed E-state index contributed by atoms with van der Waals surface area (Å²) in [5, 5.41) is 3.10. The molecule has 0 fully saturated rings. The van der Waals surface area contributed by atoms with Gasteiger partial charge < -0.3 is 14.6 Å². The second kappa shape index (κ2) is 8.89. The molecule has 0 radical (unpaired) electrons. The molecule has 2 heterocycles. The average Bonchev–Trinajstić information content (AvgIpc) is 2.93. The molecule has 0 saturated heterocycles. The Hall–Kier alpha value is -2.56. The van der Waals surface area contributed by atoms with Crippen molar-refractivity contribution in [3.63, 3.8) is 0 Å². The van der Waals surface area contributed by atoms with Gasteiger partial charge in [0.15, 0.2) is 0 Å². The summed E-state index contributed by atoms with van der Waals surface area (Å²) >= 11 is 0. The molecule has 0 spiro atoms. The van der Waals surface area contributed by atoms with Crippen LogP contribution in [0.2, 0.25) is 0 Å². The Kier molecular flexibility index (Phi) is 6.32. The predicted octanol–water partition coefficient (Wildman–Crippen LogP) is 3.33. The molecule has 27 heavy (non-hydrogen) atoms. The van der Waals surface area contributed by atoms with E-state index in [1.807, 2.05) is 25.1 Å². The van der Waals surface area contributed by atoms with Crippen molar-refractivity contribution in [2.75, 3.05) is 7.11 Å². The fraction of sp³-hybridized carbons (Fsp3) is 0.455. The maximum atomic E-state index is 13.0. The minimum atomic E-state index is -0.155. The molecule has 1 N–H and O–H groups in total. The standard InChI is InChI=1S/C22H28N2O3/c1-16(12-13-17-9-5-3-6-10-17)23-22(26)21-18-11-7-4-8-14-24(18)20(25)15-19(21)27-2/h3,5-6,9-10,15-16H,4,7-8,11-14H2,1-2H3,(H,23,26). The van der Waals surface area contributed by atoms with E-state index < -0.39 is 0 Å². The third-order valence-electron chi connectivity index (χ3n) is 5.21. The number of ether oxygens (including phenoxy) is 1. The van der Waals surface area contributed by atoms with Gasteiger partial charge in [0.25, 0.3) is 11.5 Å². The first-order chi connectivity index (χ1) is 13.1. The minimum Gasteiger partial charge on any atom is -0.496 e. The molecule has 2 aromatic rings. The summed E-state index contributed by atoms with van der Waals surface area (Å²) in [6.07, 6.45) is 5.51. The Morgan fingerprint density at radius 3 is 2.74 bits per heavy atom. The smallest absolute Gasteiger partial charge is 0.257 e. The molecule has 1 atom stereocenters. The molecule has 144 valence electrons. The lowest BCUT2D eigenvalue weighted by atomic mass is 10.0. The van der Waals surface area contributed by atoms with Crippen molar-refractivity contribution in [3.8, 4) is 5.75 Å². The monoisotopic (exact) mass is 368 g/mol. The molecular formula is C22H28N2O3. The van der Waals surface area contributed by atoms with Crippen molar-refractivity contribution >= 4 is 5.91 Å². The van der Waals surface area contributed by atoms with Crippen LogP contribution in [0.25, 0.3) is 0 Å². The van der Waals surface area contributed by atoms with Crippen molar-refractivity contribution in [1.29, 1.82) is 0 Å². The molecule has 3 rings (SSSR count). The number of nitrogens with zero attached hydrogens (tertiary/aromatic N) is 1. The van der Waals surface area contributed by atoms with Gasteiger partial charge in [0.2, 0.25) is 0 Å². The number of benzene rings is 1. The average molecular weight is 368 g/mol. The molecule has 1 aliphatic rings. The lowest BCUT2D eigenvalue weighted by Crippen LogP contribution is -2.36. The zero-order chi connectivity index (χ0) is 19.2. The summed E-state index contributed by atoms with van der Waals surface area (Å²) in [7, 11) is 1.51. The van der Waals surface area contributed by atoms with Gasteiger partial charge in [-0.25, -0.2) is 0 Å². The highest BCUT2D eigenvalue weighted by molar-refractivity contribution is 5.98. The predicted molar refractivity (Wildman–Crippen MR) is 107 cm³/mol. The summed E-state index contributed by atoms with van der Waals surface area (Å²) in [5.74, 6) is 0.221. The summed E-state index contributed by atoms with van der Waals surface area (Å²) in [5.41, 5.74) is 2.50. The van der Waals surface area contributed by atoms with Crippen LogP contribution in [0.4, 0.5) is 0 Å². The van der Waals surface area contributed by atoms with Crippen molar-refractivity contribution in [1.82, 2.24) is 9.88 Å². The van der Waals surface area contributed by atoms with Crippen LogP contribution in [0.15, 0.2) is 41.2 Å². The zero-order valence-electron chi connectivity index (χ0n) is 16.2. The van der Waals surface area contributed by atoms with Gasteiger partial charge >= 0.3 is 0 Å². The first-order valence-electron chi connectivity index (χ1n) is 9.75. The van der Waals surface area contributed by atoms with Crippen LogP contribution >= 0.6 is 0 Å². The van der Waals surface area contributed by atoms with E-state index in [1.165, 1.54) is 18.7 Å². The lowest BCUT2D eigenvalue weighted by molar-refractivity contribution is 0.0933. The maximum Gasteiger partial charge on any atom is 0.257 e. The van der Waals surface area contributed by atoms with Gasteiger partial charge in [-0.05, 0) is 44.6 Å². The summed E-state index contributed by atoms with van der Waals surface area (Å²) in [6.45, 7) is 2.68. The van der Waals surface area contributed by atoms with E-state index >= 15 is 0 Å². The summed E-state index contributed by atoms with van der Waals surface area (Å²) in [6, 6.07) is 11.7. The number of rotatable bonds is 6. The maximum absolute atomic E-state index is 13.0. The number of hydrogen-bond acceptors (Lipinski definition) is 3. The highest BCUT2D eigenvalue weighted by atomic mass is 16.5. The van der Waals surface area contributed by atoms with E-state index in [0.29, 0.717) is 17.9 Å². The van der Waals surface area contributed by atoms with Crippen LogP contribution in [-0.4, -0.2) is 23.6 Å². The largest absolute Gasteiger partial charge is 0.496 e. The van der Waals surface area contributed by atoms with Gasteiger partial charge in [-0.3, -0.25) is 9.59 Å². The van der Waals surface area contributed by atoms with E-state index in [1.54, 1.807) is 4.57 Å². The third kappa shape index (κ3) is 4.59. The Morgan fingerprint density at radius 1 is 1.22 bits per heavy atom. The number of nitrogens with one attached hydrogen (secondary N) is 1. The second-order valence-electron chi connectivity index (χ2n) is 7.23. The van der Waals surface area contributed by atoms with Crippen LogP contribution in [0.5, 0.6) is 5.75 Å². The molecule has 0 bridgehead atoms. The number of carbonyl (C=O) groups excluding carboxylic acids is 1. The Bertz CT molecular complexity index is 843. The van der Waals surface area contributed by atoms with Crippen LogP contribution < -0.4 is 15.6 Å². The van der Waals surface area contributed by atoms with Crippen LogP contribution in [0.1, 0.15) is 54.2 Å². The molecule has 5 nitrogen and oxygen atoms in total. The molecule has 1 aromatic carbocycles. The van der Waals surface area contributed by atoms with Crippen molar-refractivity contribution in [2.45, 2.75) is 58.0 Å². The van der Waals surface area contributed by atoms with E-state index in [2.05, 4.69) is 17.4 Å². The minimum absolute atomic E-state index is 0.0285.